The van der Waals surface area contributed by atoms with Crippen molar-refractivity contribution in [3.05, 3.63) is 33.5 Å². The molecule has 1 aromatic carbocycles. The molecule has 1 N–H and O–H groups in total. The number of hydrogen-bond acceptors (Lipinski definition) is 3. The van der Waals surface area contributed by atoms with Gasteiger partial charge in [0.1, 0.15) is 5.52 Å². The third-order valence-corrected chi connectivity index (χ3v) is 2.82. The standard InChI is InChI=1S/C11H12N2O3/c1-6-7(2)12-10-8(6)4-5-9(16-3)11(10)13(14)15/h4-5,12H,1-3H3. The Balaban J connectivity index is 2.89. The molecule has 0 saturated heterocycles. The number of nitro groups is 1. The van der Waals surface area contributed by atoms with Crippen LogP contribution in [0.25, 0.3) is 10.9 Å². The van der Waals surface area contributed by atoms with Gasteiger partial charge in [-0.15, -0.1) is 0 Å². The van der Waals surface area contributed by atoms with E-state index < -0.39 is 4.92 Å². The van der Waals surface area contributed by atoms with Crippen LogP contribution in [0.3, 0.4) is 0 Å². The second-order valence-corrected chi connectivity index (χ2v) is 3.67. The van der Waals surface area contributed by atoms with E-state index in [4.69, 9.17) is 4.74 Å². The molecule has 0 saturated carbocycles. The average molecular weight is 220 g/mol. The number of aromatic nitrogens is 1. The highest BCUT2D eigenvalue weighted by Crippen LogP contribution is 2.36. The van der Waals surface area contributed by atoms with Crippen LogP contribution >= 0.6 is 0 Å². The molecule has 0 unspecified atom stereocenters. The van der Waals surface area contributed by atoms with Crippen LogP contribution in [0.1, 0.15) is 11.3 Å². The van der Waals surface area contributed by atoms with Crippen molar-refractivity contribution in [2.24, 2.45) is 0 Å². The Hall–Kier alpha value is -2.04. The van der Waals surface area contributed by atoms with Crippen molar-refractivity contribution in [2.45, 2.75) is 13.8 Å². The minimum Gasteiger partial charge on any atom is -0.490 e. The zero-order valence-corrected chi connectivity index (χ0v) is 9.33. The summed E-state index contributed by atoms with van der Waals surface area (Å²) in [5, 5.41) is 11.9. The second kappa shape index (κ2) is 3.52. The van der Waals surface area contributed by atoms with Gasteiger partial charge in [0.15, 0.2) is 5.75 Å². The van der Waals surface area contributed by atoms with Gasteiger partial charge in [0, 0.05) is 11.1 Å². The van der Waals surface area contributed by atoms with E-state index in [0.717, 1.165) is 16.6 Å². The van der Waals surface area contributed by atoms with Crippen LogP contribution in [0.2, 0.25) is 0 Å². The number of ether oxygens (including phenoxy) is 1. The van der Waals surface area contributed by atoms with Crippen molar-refractivity contribution in [1.29, 1.82) is 0 Å². The monoisotopic (exact) mass is 220 g/mol. The normalized spacial score (nSPS) is 10.7. The maximum atomic E-state index is 11.0. The third-order valence-electron chi connectivity index (χ3n) is 2.82. The lowest BCUT2D eigenvalue weighted by molar-refractivity contribution is -0.384. The number of nitro benzene ring substituents is 1. The molecule has 2 rings (SSSR count). The third kappa shape index (κ3) is 1.32. The van der Waals surface area contributed by atoms with E-state index in [0.29, 0.717) is 5.52 Å². The number of benzene rings is 1. The molecular formula is C11H12N2O3. The van der Waals surface area contributed by atoms with Crippen LogP contribution in [0, 0.1) is 24.0 Å². The van der Waals surface area contributed by atoms with E-state index >= 15 is 0 Å². The quantitative estimate of drug-likeness (QED) is 0.625. The zero-order chi connectivity index (χ0) is 11.9. The Morgan fingerprint density at radius 1 is 1.38 bits per heavy atom. The summed E-state index contributed by atoms with van der Waals surface area (Å²) in [6.07, 6.45) is 0. The number of H-pyrrole nitrogens is 1. The minimum atomic E-state index is -0.420. The highest BCUT2D eigenvalue weighted by molar-refractivity contribution is 5.94. The van der Waals surface area contributed by atoms with E-state index in [9.17, 15) is 10.1 Å². The molecule has 5 nitrogen and oxygen atoms in total. The Morgan fingerprint density at radius 2 is 2.06 bits per heavy atom. The molecule has 0 aliphatic carbocycles. The lowest BCUT2D eigenvalue weighted by atomic mass is 10.1. The number of rotatable bonds is 2. The number of aromatic amines is 1. The first-order valence-electron chi connectivity index (χ1n) is 4.86. The summed E-state index contributed by atoms with van der Waals surface area (Å²) in [6, 6.07) is 3.46. The first kappa shape index (κ1) is 10.5. The van der Waals surface area contributed by atoms with Gasteiger partial charge in [0.2, 0.25) is 0 Å². The van der Waals surface area contributed by atoms with Gasteiger partial charge < -0.3 is 9.72 Å². The van der Waals surface area contributed by atoms with Crippen LogP contribution in [-0.2, 0) is 0 Å². The van der Waals surface area contributed by atoms with E-state index in [2.05, 4.69) is 4.98 Å². The molecule has 1 heterocycles. The molecule has 0 aliphatic rings. The van der Waals surface area contributed by atoms with Crippen LogP contribution in [0.5, 0.6) is 5.75 Å². The maximum absolute atomic E-state index is 11.0. The van der Waals surface area contributed by atoms with Gasteiger partial charge in [-0.1, -0.05) is 0 Å². The lowest BCUT2D eigenvalue weighted by Gasteiger charge is -2.02. The Bertz CT molecular complexity index is 572. The lowest BCUT2D eigenvalue weighted by Crippen LogP contribution is -1.94. The number of aryl methyl sites for hydroxylation is 2. The molecule has 0 bridgehead atoms. The van der Waals surface area contributed by atoms with Crippen LogP contribution in [0.4, 0.5) is 5.69 Å². The van der Waals surface area contributed by atoms with Crippen molar-refractivity contribution >= 4 is 16.6 Å². The Kier molecular flexibility index (Phi) is 2.30. The second-order valence-electron chi connectivity index (χ2n) is 3.67. The van der Waals surface area contributed by atoms with Gasteiger partial charge in [-0.2, -0.15) is 0 Å². The van der Waals surface area contributed by atoms with Crippen LogP contribution < -0.4 is 4.74 Å². The van der Waals surface area contributed by atoms with E-state index in [1.165, 1.54) is 7.11 Å². The van der Waals surface area contributed by atoms with Gasteiger partial charge in [-0.25, -0.2) is 0 Å². The minimum absolute atomic E-state index is 0.00352. The van der Waals surface area contributed by atoms with Crippen LogP contribution in [-0.4, -0.2) is 17.0 Å². The Labute approximate surface area is 92.2 Å². The van der Waals surface area contributed by atoms with Gasteiger partial charge in [0.25, 0.3) is 0 Å². The molecule has 2 aromatic rings. The number of nitrogens with one attached hydrogen (secondary N) is 1. The number of methoxy groups -OCH3 is 1. The molecule has 0 radical (unpaired) electrons. The fourth-order valence-electron chi connectivity index (χ4n) is 1.84. The molecule has 0 atom stereocenters. The average Bonchev–Trinajstić information content (AvgIpc) is 2.53. The maximum Gasteiger partial charge on any atom is 0.334 e. The molecular weight excluding hydrogens is 208 g/mol. The number of nitrogens with zero attached hydrogens (tertiary/aromatic N) is 1. The smallest absolute Gasteiger partial charge is 0.334 e. The van der Waals surface area contributed by atoms with Crippen molar-refractivity contribution in [1.82, 2.24) is 4.98 Å². The highest BCUT2D eigenvalue weighted by atomic mass is 16.6. The first-order chi connectivity index (χ1) is 7.56. The SMILES string of the molecule is COc1ccc2c(C)c(C)[nH]c2c1[N+](=O)[O-]. The topological polar surface area (TPSA) is 68.2 Å². The molecule has 84 valence electrons. The molecule has 5 heteroatoms. The van der Waals surface area contributed by atoms with Gasteiger partial charge >= 0.3 is 5.69 Å². The molecule has 0 aliphatic heterocycles. The summed E-state index contributed by atoms with van der Waals surface area (Å²) in [5.41, 5.74) is 2.49. The largest absolute Gasteiger partial charge is 0.490 e. The fraction of sp³-hybridized carbons (Fsp3) is 0.273. The molecule has 1 aromatic heterocycles. The van der Waals surface area contributed by atoms with Crippen molar-refractivity contribution in [2.75, 3.05) is 7.11 Å². The zero-order valence-electron chi connectivity index (χ0n) is 9.33. The predicted octanol–water partition coefficient (Wildman–Crippen LogP) is 2.70. The van der Waals surface area contributed by atoms with Gasteiger partial charge in [-0.05, 0) is 31.5 Å². The summed E-state index contributed by atoms with van der Waals surface area (Å²) < 4.78 is 5.00. The van der Waals surface area contributed by atoms with Crippen molar-refractivity contribution in [3.63, 3.8) is 0 Å². The van der Waals surface area contributed by atoms with Gasteiger partial charge in [-0.3, -0.25) is 10.1 Å². The Morgan fingerprint density at radius 3 is 2.62 bits per heavy atom. The predicted molar refractivity (Wildman–Crippen MR) is 61.0 cm³/mol. The summed E-state index contributed by atoms with van der Waals surface area (Å²) in [6.45, 7) is 3.83. The summed E-state index contributed by atoms with van der Waals surface area (Å²) in [4.78, 5) is 13.6. The fourth-order valence-corrected chi connectivity index (χ4v) is 1.84. The molecule has 0 fully saturated rings. The number of hydrogen-bond donors (Lipinski definition) is 1. The molecule has 0 spiro atoms. The molecule has 0 amide bonds. The number of fused-ring (bicyclic) bond motifs is 1. The highest BCUT2D eigenvalue weighted by Gasteiger charge is 2.22. The van der Waals surface area contributed by atoms with E-state index in [1.807, 2.05) is 19.9 Å². The summed E-state index contributed by atoms with van der Waals surface area (Å²) in [5.74, 6) is 0.277. The van der Waals surface area contributed by atoms with Crippen molar-refractivity contribution < 1.29 is 9.66 Å². The summed E-state index contributed by atoms with van der Waals surface area (Å²) >= 11 is 0. The first-order valence-corrected chi connectivity index (χ1v) is 4.86. The molecule has 16 heavy (non-hydrogen) atoms. The van der Waals surface area contributed by atoms with Crippen molar-refractivity contribution in [3.8, 4) is 5.75 Å². The van der Waals surface area contributed by atoms with Gasteiger partial charge in [0.05, 0.1) is 12.0 Å². The van der Waals surface area contributed by atoms with E-state index in [-0.39, 0.29) is 11.4 Å². The summed E-state index contributed by atoms with van der Waals surface area (Å²) in [7, 11) is 1.43. The van der Waals surface area contributed by atoms with E-state index in [1.54, 1.807) is 6.07 Å². The van der Waals surface area contributed by atoms with Crippen LogP contribution in [0.15, 0.2) is 12.1 Å².